The van der Waals surface area contributed by atoms with Crippen LogP contribution in [0.15, 0.2) is 55.0 Å². The number of likely N-dealkylation sites (tertiary alicyclic amines) is 1. The summed E-state index contributed by atoms with van der Waals surface area (Å²) >= 11 is 0. The van der Waals surface area contributed by atoms with Gasteiger partial charge >= 0.3 is 6.03 Å². The number of aromatic nitrogens is 3. The molecule has 2 amide bonds. The smallest absolute Gasteiger partial charge is 0.322 e. The standard InChI is InChI=1S/C33H37F2N7O4/c1-22-18-23(6-7-29(22)46-24-8-11-42(12-9-24)33(43)40-31-26(34)4-2-5-27(31)35)39-32-25-19-30(36-20-28(25)37-21-38-32)45-15-3-10-41-13-16-44-17-14-41/h2,4-7,18-21,24H,3,8-17H2,1H3,(H,40,43)(H,37,38,39). The van der Waals surface area contributed by atoms with E-state index in [1.165, 1.54) is 17.3 Å². The number of carbonyl (C=O) groups excluding carboxylic acids is 1. The van der Waals surface area contributed by atoms with E-state index in [1.54, 1.807) is 6.20 Å². The van der Waals surface area contributed by atoms with Crippen molar-refractivity contribution in [2.24, 2.45) is 0 Å². The Hall–Kier alpha value is -4.62. The molecule has 0 radical (unpaired) electrons. The quantitative estimate of drug-likeness (QED) is 0.218. The second-order valence-corrected chi connectivity index (χ2v) is 11.4. The molecule has 0 aliphatic carbocycles. The van der Waals surface area contributed by atoms with Crippen molar-refractivity contribution >= 4 is 34.1 Å². The number of carbonyl (C=O) groups is 1. The minimum Gasteiger partial charge on any atom is -0.490 e. The molecule has 13 heteroatoms. The molecular formula is C33H37F2N7O4. The Labute approximate surface area is 265 Å². The van der Waals surface area contributed by atoms with Gasteiger partial charge in [-0.05, 0) is 49.2 Å². The van der Waals surface area contributed by atoms with Crippen molar-refractivity contribution in [3.8, 4) is 11.6 Å². The van der Waals surface area contributed by atoms with E-state index in [0.717, 1.165) is 73.8 Å². The molecule has 2 aliphatic rings. The van der Waals surface area contributed by atoms with Gasteiger partial charge in [0.2, 0.25) is 5.88 Å². The van der Waals surface area contributed by atoms with Crippen molar-refractivity contribution in [2.75, 3.05) is 63.2 Å². The lowest BCUT2D eigenvalue weighted by molar-refractivity contribution is 0.0357. The number of morpholine rings is 1. The Morgan fingerprint density at radius 2 is 1.80 bits per heavy atom. The first-order valence-corrected chi connectivity index (χ1v) is 15.5. The highest BCUT2D eigenvalue weighted by Crippen LogP contribution is 2.30. The van der Waals surface area contributed by atoms with E-state index in [-0.39, 0.29) is 6.10 Å². The molecular weight excluding hydrogens is 596 g/mol. The number of urea groups is 1. The number of hydrogen-bond donors (Lipinski definition) is 2. The van der Waals surface area contributed by atoms with Crippen LogP contribution in [0, 0.1) is 18.6 Å². The van der Waals surface area contributed by atoms with E-state index in [0.29, 0.717) is 49.8 Å². The normalized spacial score (nSPS) is 15.9. The minimum absolute atomic E-state index is 0.0997. The lowest BCUT2D eigenvalue weighted by Gasteiger charge is -2.32. The van der Waals surface area contributed by atoms with Crippen LogP contribution in [0.2, 0.25) is 0 Å². The number of ether oxygens (including phenoxy) is 3. The molecule has 2 saturated heterocycles. The molecule has 2 aliphatic heterocycles. The molecule has 0 bridgehead atoms. The van der Waals surface area contributed by atoms with Crippen LogP contribution < -0.4 is 20.1 Å². The second-order valence-electron chi connectivity index (χ2n) is 11.4. The molecule has 2 fully saturated rings. The van der Waals surface area contributed by atoms with Gasteiger partial charge in [-0.25, -0.2) is 28.5 Å². The summed E-state index contributed by atoms with van der Waals surface area (Å²) in [7, 11) is 0. The number of hydrogen-bond acceptors (Lipinski definition) is 9. The zero-order valence-corrected chi connectivity index (χ0v) is 25.7. The van der Waals surface area contributed by atoms with Crippen LogP contribution in [-0.2, 0) is 4.74 Å². The zero-order valence-electron chi connectivity index (χ0n) is 25.7. The summed E-state index contributed by atoms with van der Waals surface area (Å²) in [6, 6.07) is 10.6. The third kappa shape index (κ3) is 7.77. The predicted molar refractivity (Wildman–Crippen MR) is 170 cm³/mol. The van der Waals surface area contributed by atoms with Gasteiger partial charge in [-0.1, -0.05) is 6.07 Å². The Balaban J connectivity index is 1.02. The molecule has 6 rings (SSSR count). The second kappa shape index (κ2) is 14.6. The summed E-state index contributed by atoms with van der Waals surface area (Å²) in [5.74, 6) is 0.282. The van der Waals surface area contributed by atoms with Gasteiger partial charge in [-0.2, -0.15) is 0 Å². The summed E-state index contributed by atoms with van der Waals surface area (Å²) in [6.07, 6.45) is 5.16. The maximum atomic E-state index is 13.9. The van der Waals surface area contributed by atoms with E-state index in [2.05, 4.69) is 30.5 Å². The number of para-hydroxylation sites is 1. The van der Waals surface area contributed by atoms with E-state index < -0.39 is 23.4 Å². The summed E-state index contributed by atoms with van der Waals surface area (Å²) in [5, 5.41) is 6.54. The van der Waals surface area contributed by atoms with Crippen molar-refractivity contribution in [3.63, 3.8) is 0 Å². The van der Waals surface area contributed by atoms with Crippen molar-refractivity contribution in [1.82, 2.24) is 24.8 Å². The number of rotatable bonds is 10. The number of anilines is 3. The lowest BCUT2D eigenvalue weighted by Crippen LogP contribution is -2.44. The first-order chi connectivity index (χ1) is 22.4. The van der Waals surface area contributed by atoms with E-state index in [1.807, 2.05) is 31.2 Å². The summed E-state index contributed by atoms with van der Waals surface area (Å²) in [6.45, 7) is 7.77. The SMILES string of the molecule is Cc1cc(Nc2ncnc3cnc(OCCCN4CCOCC4)cc23)ccc1OC1CCN(C(=O)Nc2c(F)cccc2F)CC1. The first-order valence-electron chi connectivity index (χ1n) is 15.5. The van der Waals surface area contributed by atoms with Gasteiger partial charge in [0.1, 0.15) is 41.3 Å². The average molecular weight is 634 g/mol. The van der Waals surface area contributed by atoms with E-state index in [9.17, 15) is 13.6 Å². The van der Waals surface area contributed by atoms with E-state index in [4.69, 9.17) is 14.2 Å². The zero-order chi connectivity index (χ0) is 31.9. The fourth-order valence-electron chi connectivity index (χ4n) is 5.56. The van der Waals surface area contributed by atoms with Crippen molar-refractivity contribution in [1.29, 1.82) is 0 Å². The van der Waals surface area contributed by atoms with Gasteiger partial charge < -0.3 is 29.7 Å². The summed E-state index contributed by atoms with van der Waals surface area (Å²) in [5.41, 5.74) is 2.03. The third-order valence-electron chi connectivity index (χ3n) is 8.12. The maximum Gasteiger partial charge on any atom is 0.322 e. The van der Waals surface area contributed by atoms with Gasteiger partial charge in [0.05, 0.1) is 31.5 Å². The summed E-state index contributed by atoms with van der Waals surface area (Å²) in [4.78, 5) is 29.8. The molecule has 2 aromatic carbocycles. The molecule has 0 unspecified atom stereocenters. The molecule has 242 valence electrons. The Kier molecular flexibility index (Phi) is 9.99. The van der Waals surface area contributed by atoms with Crippen LogP contribution >= 0.6 is 0 Å². The molecule has 0 saturated carbocycles. The number of fused-ring (bicyclic) bond motifs is 1. The maximum absolute atomic E-state index is 13.9. The number of amides is 2. The molecule has 2 aromatic heterocycles. The van der Waals surface area contributed by atoms with Gasteiger partial charge in [0.25, 0.3) is 0 Å². The monoisotopic (exact) mass is 633 g/mol. The van der Waals surface area contributed by atoms with Gasteiger partial charge in [-0.15, -0.1) is 0 Å². The van der Waals surface area contributed by atoms with E-state index >= 15 is 0 Å². The van der Waals surface area contributed by atoms with Crippen LogP contribution in [0.5, 0.6) is 11.6 Å². The topological polar surface area (TPSA) is 114 Å². The largest absolute Gasteiger partial charge is 0.490 e. The fraction of sp³-hybridized carbons (Fsp3) is 0.394. The molecule has 4 aromatic rings. The Morgan fingerprint density at radius 1 is 1.02 bits per heavy atom. The number of benzene rings is 2. The fourth-order valence-corrected chi connectivity index (χ4v) is 5.56. The number of nitrogens with one attached hydrogen (secondary N) is 2. The van der Waals surface area contributed by atoms with Crippen molar-refractivity contribution < 1.29 is 27.8 Å². The number of aryl methyl sites for hydroxylation is 1. The number of pyridine rings is 1. The highest BCUT2D eigenvalue weighted by atomic mass is 19.1. The van der Waals surface area contributed by atoms with Crippen LogP contribution in [0.1, 0.15) is 24.8 Å². The molecule has 11 nitrogen and oxygen atoms in total. The number of nitrogens with zero attached hydrogens (tertiary/aromatic N) is 5. The Bertz CT molecular complexity index is 1640. The molecule has 4 heterocycles. The predicted octanol–water partition coefficient (Wildman–Crippen LogP) is 5.53. The van der Waals surface area contributed by atoms with Crippen LogP contribution in [-0.4, -0.2) is 89.4 Å². The van der Waals surface area contributed by atoms with Crippen LogP contribution in [0.25, 0.3) is 10.9 Å². The highest BCUT2D eigenvalue weighted by molar-refractivity contribution is 5.91. The van der Waals surface area contributed by atoms with Crippen LogP contribution in [0.4, 0.5) is 30.8 Å². The number of halogens is 2. The lowest BCUT2D eigenvalue weighted by atomic mass is 10.1. The third-order valence-corrected chi connectivity index (χ3v) is 8.12. The Morgan fingerprint density at radius 3 is 2.57 bits per heavy atom. The van der Waals surface area contributed by atoms with Gasteiger partial charge in [0.15, 0.2) is 0 Å². The molecule has 0 atom stereocenters. The minimum atomic E-state index is -0.811. The summed E-state index contributed by atoms with van der Waals surface area (Å²) < 4.78 is 45.5. The van der Waals surface area contributed by atoms with Crippen molar-refractivity contribution in [2.45, 2.75) is 32.3 Å². The van der Waals surface area contributed by atoms with Crippen molar-refractivity contribution in [3.05, 3.63) is 72.2 Å². The van der Waals surface area contributed by atoms with Gasteiger partial charge in [0, 0.05) is 62.7 Å². The molecule has 0 spiro atoms. The number of piperidine rings is 1. The highest BCUT2D eigenvalue weighted by Gasteiger charge is 2.25. The van der Waals surface area contributed by atoms with Crippen LogP contribution in [0.3, 0.4) is 0 Å². The average Bonchev–Trinajstić information content (AvgIpc) is 3.07. The molecule has 46 heavy (non-hydrogen) atoms. The molecule has 2 N–H and O–H groups in total. The first kappa shape index (κ1) is 31.4. The van der Waals surface area contributed by atoms with Gasteiger partial charge in [-0.3, -0.25) is 4.90 Å².